The monoisotopic (exact) mass is 446 g/mol. The van der Waals surface area contributed by atoms with E-state index >= 15 is 0 Å². The van der Waals surface area contributed by atoms with E-state index in [4.69, 9.17) is 14.2 Å². The largest absolute Gasteiger partial charge is 0.493 e. The average Bonchev–Trinajstić information content (AvgIpc) is 3.30. The van der Waals surface area contributed by atoms with Gasteiger partial charge in [0.25, 0.3) is 0 Å². The molecule has 168 valence electrons. The predicted octanol–water partition coefficient (Wildman–Crippen LogP) is 3.31. The molecule has 0 saturated carbocycles. The van der Waals surface area contributed by atoms with Crippen LogP contribution in [0.15, 0.2) is 35.7 Å². The normalized spacial score (nSPS) is 16.1. The van der Waals surface area contributed by atoms with Gasteiger partial charge in [-0.3, -0.25) is 0 Å². The molecular formula is C23H30N2O5S. The van der Waals surface area contributed by atoms with Crippen LogP contribution in [0.3, 0.4) is 0 Å². The summed E-state index contributed by atoms with van der Waals surface area (Å²) in [5.74, 6) is 1.41. The molecule has 1 atom stereocenters. The number of rotatable bonds is 10. The number of ketones is 1. The van der Waals surface area contributed by atoms with Crippen LogP contribution >= 0.6 is 11.3 Å². The van der Waals surface area contributed by atoms with Crippen molar-refractivity contribution in [3.8, 4) is 11.5 Å². The number of carbonyl (C=O) groups is 2. The first-order chi connectivity index (χ1) is 15.0. The number of nitrogens with zero attached hydrogens (tertiary/aromatic N) is 1. The molecule has 2 amide bonds. The number of hydrogen-bond donors (Lipinski definition) is 1. The minimum atomic E-state index is -0.209. The highest BCUT2D eigenvalue weighted by molar-refractivity contribution is 7.09. The fourth-order valence-corrected chi connectivity index (χ4v) is 4.06. The van der Waals surface area contributed by atoms with E-state index < -0.39 is 0 Å². The van der Waals surface area contributed by atoms with Crippen LogP contribution in [0.2, 0.25) is 0 Å². The van der Waals surface area contributed by atoms with Gasteiger partial charge < -0.3 is 29.2 Å². The molecule has 0 radical (unpaired) electrons. The summed E-state index contributed by atoms with van der Waals surface area (Å²) >= 11 is 1.70. The van der Waals surface area contributed by atoms with Gasteiger partial charge in [0.05, 0.1) is 20.3 Å². The van der Waals surface area contributed by atoms with Crippen molar-refractivity contribution in [2.75, 3.05) is 40.0 Å². The lowest BCUT2D eigenvalue weighted by Gasteiger charge is -2.33. The summed E-state index contributed by atoms with van der Waals surface area (Å²) in [6.07, 6.45) is 1.81. The van der Waals surface area contributed by atoms with E-state index in [0.29, 0.717) is 57.2 Å². The number of methoxy groups -OCH3 is 1. The lowest BCUT2D eigenvalue weighted by Crippen LogP contribution is -2.51. The van der Waals surface area contributed by atoms with Gasteiger partial charge in [-0.05, 0) is 48.9 Å². The number of nitrogens with one attached hydrogen (secondary N) is 1. The summed E-state index contributed by atoms with van der Waals surface area (Å²) < 4.78 is 17.2. The minimum Gasteiger partial charge on any atom is -0.493 e. The van der Waals surface area contributed by atoms with Crippen molar-refractivity contribution in [1.29, 1.82) is 0 Å². The first-order valence-electron chi connectivity index (χ1n) is 10.5. The molecule has 1 unspecified atom stereocenters. The number of amides is 2. The smallest absolute Gasteiger partial charge is 0.317 e. The Balaban J connectivity index is 1.46. The Kier molecular flexibility index (Phi) is 8.73. The van der Waals surface area contributed by atoms with Gasteiger partial charge in [0.1, 0.15) is 18.5 Å². The number of ether oxygens (including phenoxy) is 3. The van der Waals surface area contributed by atoms with E-state index in [1.807, 2.05) is 29.6 Å². The van der Waals surface area contributed by atoms with Crippen LogP contribution < -0.4 is 14.8 Å². The maximum atomic E-state index is 12.5. The average molecular weight is 447 g/mol. The van der Waals surface area contributed by atoms with E-state index in [2.05, 4.69) is 11.4 Å². The Morgan fingerprint density at radius 1 is 1.26 bits per heavy atom. The highest BCUT2D eigenvalue weighted by Gasteiger charge is 2.25. The highest BCUT2D eigenvalue weighted by atomic mass is 32.1. The van der Waals surface area contributed by atoms with E-state index in [-0.39, 0.29) is 17.9 Å². The van der Waals surface area contributed by atoms with Crippen LogP contribution in [-0.4, -0.2) is 62.8 Å². The lowest BCUT2D eigenvalue weighted by molar-refractivity contribution is -0.116. The molecule has 1 aromatic heterocycles. The topological polar surface area (TPSA) is 77.1 Å². The maximum Gasteiger partial charge on any atom is 0.317 e. The van der Waals surface area contributed by atoms with Crippen molar-refractivity contribution in [1.82, 2.24) is 10.2 Å². The van der Waals surface area contributed by atoms with Crippen molar-refractivity contribution in [3.05, 3.63) is 46.2 Å². The van der Waals surface area contributed by atoms with Gasteiger partial charge in [-0.25, -0.2) is 4.79 Å². The quantitative estimate of drug-likeness (QED) is 0.606. The zero-order valence-corrected chi connectivity index (χ0v) is 18.9. The van der Waals surface area contributed by atoms with Gasteiger partial charge in [-0.1, -0.05) is 12.1 Å². The fraction of sp³-hybridized carbons (Fsp3) is 0.478. The Hall–Kier alpha value is -2.58. The number of urea groups is 1. The molecule has 7 nitrogen and oxygen atoms in total. The third-order valence-corrected chi connectivity index (χ3v) is 6.01. The SMILES string of the molecule is COc1cc(CCC(C)=O)ccc1OCC1CN(C(=O)NCCc2cccs2)CCO1. The highest BCUT2D eigenvalue weighted by Crippen LogP contribution is 2.29. The molecule has 8 heteroatoms. The number of Topliss-reactive ketones (excluding diaryl/α,β-unsaturated/α-hetero) is 1. The zero-order valence-electron chi connectivity index (χ0n) is 18.1. The number of morpholine rings is 1. The lowest BCUT2D eigenvalue weighted by atomic mass is 10.1. The number of thiophene rings is 1. The zero-order chi connectivity index (χ0) is 22.1. The molecule has 1 N–H and O–H groups in total. The summed E-state index contributed by atoms with van der Waals surface area (Å²) in [6, 6.07) is 9.71. The molecule has 1 fully saturated rings. The number of hydrogen-bond acceptors (Lipinski definition) is 6. The Bertz CT molecular complexity index is 856. The van der Waals surface area contributed by atoms with Crippen molar-refractivity contribution < 1.29 is 23.8 Å². The molecule has 2 aromatic rings. The van der Waals surface area contributed by atoms with Crippen LogP contribution in [0.25, 0.3) is 0 Å². The Morgan fingerprint density at radius 3 is 2.87 bits per heavy atom. The number of carbonyl (C=O) groups excluding carboxylic acids is 2. The number of aryl methyl sites for hydroxylation is 1. The van der Waals surface area contributed by atoms with Gasteiger partial charge >= 0.3 is 6.03 Å². The van der Waals surface area contributed by atoms with Crippen LogP contribution in [0.5, 0.6) is 11.5 Å². The van der Waals surface area contributed by atoms with Gasteiger partial charge in [-0.2, -0.15) is 0 Å². The molecule has 0 bridgehead atoms. The molecule has 31 heavy (non-hydrogen) atoms. The molecule has 3 rings (SSSR count). The van der Waals surface area contributed by atoms with Gasteiger partial charge in [0.15, 0.2) is 11.5 Å². The van der Waals surface area contributed by atoms with Crippen LogP contribution in [0.1, 0.15) is 23.8 Å². The predicted molar refractivity (Wildman–Crippen MR) is 120 cm³/mol. The first kappa shape index (κ1) is 23.1. The molecule has 2 heterocycles. The van der Waals surface area contributed by atoms with Crippen LogP contribution in [-0.2, 0) is 22.4 Å². The second-order valence-electron chi connectivity index (χ2n) is 7.50. The Morgan fingerprint density at radius 2 is 2.13 bits per heavy atom. The van der Waals surface area contributed by atoms with Crippen molar-refractivity contribution in [3.63, 3.8) is 0 Å². The Labute approximate surface area is 187 Å². The summed E-state index contributed by atoms with van der Waals surface area (Å²) in [4.78, 5) is 26.7. The fourth-order valence-electron chi connectivity index (χ4n) is 3.35. The second-order valence-corrected chi connectivity index (χ2v) is 8.53. The van der Waals surface area contributed by atoms with Gasteiger partial charge in [0, 0.05) is 24.4 Å². The maximum absolute atomic E-state index is 12.5. The standard InChI is InChI=1S/C23H30N2O5S/c1-17(26)5-6-18-7-8-21(22(14-18)28-2)30-16-19-15-25(11-12-29-19)23(27)24-10-9-20-4-3-13-31-20/h3-4,7-8,13-14,19H,5-6,9-12,15-16H2,1-2H3,(H,24,27). The van der Waals surface area contributed by atoms with Crippen molar-refractivity contribution in [2.45, 2.75) is 32.3 Å². The molecule has 1 aliphatic heterocycles. The first-order valence-corrected chi connectivity index (χ1v) is 11.4. The minimum absolute atomic E-state index is 0.0720. The van der Waals surface area contributed by atoms with E-state index in [1.165, 1.54) is 4.88 Å². The molecule has 1 aromatic carbocycles. The van der Waals surface area contributed by atoms with Crippen molar-refractivity contribution >= 4 is 23.2 Å². The second kappa shape index (κ2) is 11.7. The molecule has 1 saturated heterocycles. The third-order valence-electron chi connectivity index (χ3n) is 5.07. The molecule has 1 aliphatic rings. The summed E-state index contributed by atoms with van der Waals surface area (Å²) in [5.41, 5.74) is 1.03. The van der Waals surface area contributed by atoms with Crippen LogP contribution in [0, 0.1) is 0 Å². The number of benzene rings is 1. The molecular weight excluding hydrogens is 416 g/mol. The summed E-state index contributed by atoms with van der Waals surface area (Å²) in [6.45, 7) is 4.05. The third kappa shape index (κ3) is 7.25. The summed E-state index contributed by atoms with van der Waals surface area (Å²) in [7, 11) is 1.59. The van der Waals surface area contributed by atoms with Crippen LogP contribution in [0.4, 0.5) is 4.79 Å². The molecule has 0 spiro atoms. The molecule has 0 aliphatic carbocycles. The van der Waals surface area contributed by atoms with Gasteiger partial charge in [-0.15, -0.1) is 11.3 Å². The van der Waals surface area contributed by atoms with Crippen molar-refractivity contribution in [2.24, 2.45) is 0 Å². The van der Waals surface area contributed by atoms with E-state index in [0.717, 1.165) is 12.0 Å². The van der Waals surface area contributed by atoms with E-state index in [9.17, 15) is 9.59 Å². The summed E-state index contributed by atoms with van der Waals surface area (Å²) in [5, 5.41) is 5.02. The van der Waals surface area contributed by atoms with E-state index in [1.54, 1.807) is 30.3 Å². The van der Waals surface area contributed by atoms with Gasteiger partial charge in [0.2, 0.25) is 0 Å².